The highest BCUT2D eigenvalue weighted by Crippen LogP contribution is 2.28. The van der Waals surface area contributed by atoms with E-state index in [1.54, 1.807) is 28.7 Å². The summed E-state index contributed by atoms with van der Waals surface area (Å²) in [5.74, 6) is 1.34. The molecular formula is C19H22N4O2S. The zero-order valence-corrected chi connectivity index (χ0v) is 15.7. The Bertz CT molecular complexity index is 1000. The van der Waals surface area contributed by atoms with E-state index in [-0.39, 0.29) is 0 Å². The molecule has 0 saturated carbocycles. The Balaban J connectivity index is 1.70. The normalized spacial score (nSPS) is 21.9. The minimum absolute atomic E-state index is 0.321. The first-order valence-corrected chi connectivity index (χ1v) is 10.3. The van der Waals surface area contributed by atoms with Crippen LogP contribution >= 0.6 is 0 Å². The molecule has 1 aliphatic rings. The molecule has 1 saturated heterocycles. The maximum Gasteiger partial charge on any atom is 0.243 e. The minimum atomic E-state index is -3.51. The van der Waals surface area contributed by atoms with Gasteiger partial charge in [0.25, 0.3) is 0 Å². The lowest BCUT2D eigenvalue weighted by atomic mass is 9.94. The average Bonchev–Trinajstić information content (AvgIpc) is 3.05. The number of hydrogen-bond donors (Lipinski definition) is 0. The molecule has 4 rings (SSSR count). The monoisotopic (exact) mass is 370 g/mol. The number of piperidine rings is 1. The number of nitrogens with zero attached hydrogens (tertiary/aromatic N) is 4. The van der Waals surface area contributed by atoms with Crippen LogP contribution in [0.2, 0.25) is 0 Å². The molecule has 6 nitrogen and oxygen atoms in total. The van der Waals surface area contributed by atoms with Crippen LogP contribution in [0.4, 0.5) is 0 Å². The predicted octanol–water partition coefficient (Wildman–Crippen LogP) is 3.06. The van der Waals surface area contributed by atoms with Crippen molar-refractivity contribution in [3.63, 3.8) is 0 Å². The van der Waals surface area contributed by atoms with Crippen molar-refractivity contribution in [2.75, 3.05) is 13.1 Å². The first-order chi connectivity index (χ1) is 12.4. The molecule has 0 bridgehead atoms. The summed E-state index contributed by atoms with van der Waals surface area (Å²) in [6.45, 7) is 5.38. The van der Waals surface area contributed by atoms with Crippen molar-refractivity contribution in [2.45, 2.75) is 25.2 Å². The lowest BCUT2D eigenvalue weighted by Crippen LogP contribution is -2.42. The van der Waals surface area contributed by atoms with Crippen molar-refractivity contribution in [1.29, 1.82) is 0 Å². The first kappa shape index (κ1) is 17.2. The molecule has 3 heterocycles. The van der Waals surface area contributed by atoms with Crippen molar-refractivity contribution < 1.29 is 8.42 Å². The van der Waals surface area contributed by atoms with Crippen LogP contribution in [0.1, 0.15) is 20.3 Å². The van der Waals surface area contributed by atoms with Gasteiger partial charge in [0.05, 0.1) is 10.6 Å². The van der Waals surface area contributed by atoms with Crippen molar-refractivity contribution in [1.82, 2.24) is 18.7 Å². The molecule has 2 unspecified atom stereocenters. The Morgan fingerprint density at radius 2 is 1.88 bits per heavy atom. The lowest BCUT2D eigenvalue weighted by molar-refractivity contribution is 0.222. The maximum absolute atomic E-state index is 13.1. The van der Waals surface area contributed by atoms with E-state index in [1.165, 1.54) is 0 Å². The Morgan fingerprint density at radius 3 is 2.62 bits per heavy atom. The second kappa shape index (κ2) is 6.48. The Labute approximate surface area is 153 Å². The summed E-state index contributed by atoms with van der Waals surface area (Å²) in [7, 11) is -3.51. The smallest absolute Gasteiger partial charge is 0.243 e. The fraction of sp³-hybridized carbons (Fsp3) is 0.368. The molecule has 1 aliphatic heterocycles. The number of imidazole rings is 1. The van der Waals surface area contributed by atoms with Gasteiger partial charge in [0.2, 0.25) is 15.8 Å². The van der Waals surface area contributed by atoms with Crippen molar-refractivity contribution in [2.24, 2.45) is 11.8 Å². The average molecular weight is 370 g/mol. The lowest BCUT2D eigenvalue weighted by Gasteiger charge is -2.34. The van der Waals surface area contributed by atoms with Gasteiger partial charge in [-0.2, -0.15) is 4.31 Å². The SMILES string of the molecule is CC1CC(C)CN(S(=O)(=O)c2cccc(-c3cn4cccnc4n3)c2)C1. The molecule has 7 heteroatoms. The van der Waals surface area contributed by atoms with Gasteiger partial charge in [-0.25, -0.2) is 18.4 Å². The van der Waals surface area contributed by atoms with Crippen molar-refractivity contribution >= 4 is 15.8 Å². The molecule has 136 valence electrons. The Kier molecular flexibility index (Phi) is 4.28. The molecule has 0 N–H and O–H groups in total. The van der Waals surface area contributed by atoms with Gasteiger partial charge < -0.3 is 0 Å². The third-order valence-corrected chi connectivity index (χ3v) is 6.67. The molecule has 1 aromatic carbocycles. The number of aromatic nitrogens is 3. The molecule has 2 atom stereocenters. The summed E-state index contributed by atoms with van der Waals surface area (Å²) >= 11 is 0. The van der Waals surface area contributed by atoms with Crippen LogP contribution in [0.25, 0.3) is 17.0 Å². The van der Waals surface area contributed by atoms with E-state index in [0.717, 1.165) is 12.0 Å². The van der Waals surface area contributed by atoms with E-state index in [4.69, 9.17) is 0 Å². The van der Waals surface area contributed by atoms with Gasteiger partial charge >= 0.3 is 0 Å². The van der Waals surface area contributed by atoms with Crippen LogP contribution in [-0.4, -0.2) is 40.2 Å². The van der Waals surface area contributed by atoms with E-state index >= 15 is 0 Å². The summed E-state index contributed by atoms with van der Waals surface area (Å²) in [6.07, 6.45) is 6.49. The van der Waals surface area contributed by atoms with Crippen molar-refractivity contribution in [3.8, 4) is 11.3 Å². The summed E-state index contributed by atoms with van der Waals surface area (Å²) in [6, 6.07) is 8.86. The molecule has 3 aromatic rings. The van der Waals surface area contributed by atoms with Crippen LogP contribution in [0.5, 0.6) is 0 Å². The van der Waals surface area contributed by atoms with Gasteiger partial charge in [0.15, 0.2) is 0 Å². The van der Waals surface area contributed by atoms with Crippen LogP contribution < -0.4 is 0 Å². The summed E-state index contributed by atoms with van der Waals surface area (Å²) < 4.78 is 29.7. The minimum Gasteiger partial charge on any atom is -0.291 e. The number of rotatable bonds is 3. The maximum atomic E-state index is 13.1. The third-order valence-electron chi connectivity index (χ3n) is 4.84. The number of fused-ring (bicyclic) bond motifs is 1. The second-order valence-electron chi connectivity index (χ2n) is 7.25. The molecule has 2 aromatic heterocycles. The van der Waals surface area contributed by atoms with Crippen LogP contribution in [0.15, 0.2) is 53.8 Å². The second-order valence-corrected chi connectivity index (χ2v) is 9.19. The highest BCUT2D eigenvalue weighted by Gasteiger charge is 2.31. The van der Waals surface area contributed by atoms with E-state index in [2.05, 4.69) is 23.8 Å². The summed E-state index contributed by atoms with van der Waals surface area (Å²) in [4.78, 5) is 9.02. The molecule has 0 radical (unpaired) electrons. The third kappa shape index (κ3) is 3.12. The topological polar surface area (TPSA) is 67.6 Å². The van der Waals surface area contributed by atoms with Gasteiger partial charge in [-0.15, -0.1) is 0 Å². The summed E-state index contributed by atoms with van der Waals surface area (Å²) in [5, 5.41) is 0. The fourth-order valence-electron chi connectivity index (χ4n) is 3.74. The quantitative estimate of drug-likeness (QED) is 0.711. The standard InChI is InChI=1S/C19H22N4O2S/c1-14-9-15(2)12-23(11-14)26(24,25)17-6-3-5-16(10-17)18-13-22-8-4-7-20-19(22)21-18/h3-8,10,13-15H,9,11-12H2,1-2H3. The van der Waals surface area contributed by atoms with Gasteiger partial charge in [-0.1, -0.05) is 26.0 Å². The van der Waals surface area contributed by atoms with E-state index in [9.17, 15) is 8.42 Å². The number of benzene rings is 1. The Hall–Kier alpha value is -2.25. The van der Waals surface area contributed by atoms with Gasteiger partial charge in [-0.05, 0) is 36.5 Å². The van der Waals surface area contributed by atoms with Crippen molar-refractivity contribution in [3.05, 3.63) is 48.9 Å². The number of sulfonamides is 1. The highest BCUT2D eigenvalue weighted by molar-refractivity contribution is 7.89. The zero-order chi connectivity index (χ0) is 18.3. The first-order valence-electron chi connectivity index (χ1n) is 8.84. The largest absolute Gasteiger partial charge is 0.291 e. The van der Waals surface area contributed by atoms with Gasteiger partial charge in [-0.3, -0.25) is 4.40 Å². The predicted molar refractivity (Wildman–Crippen MR) is 100 cm³/mol. The van der Waals surface area contributed by atoms with Crippen LogP contribution in [-0.2, 0) is 10.0 Å². The van der Waals surface area contributed by atoms with Crippen LogP contribution in [0, 0.1) is 11.8 Å². The number of hydrogen-bond acceptors (Lipinski definition) is 4. The molecule has 1 fully saturated rings. The van der Waals surface area contributed by atoms with Gasteiger partial charge in [0.1, 0.15) is 0 Å². The molecule has 0 aliphatic carbocycles. The molecule has 26 heavy (non-hydrogen) atoms. The fourth-order valence-corrected chi connectivity index (χ4v) is 5.46. The zero-order valence-electron chi connectivity index (χ0n) is 14.9. The van der Waals surface area contributed by atoms with E-state index < -0.39 is 10.0 Å². The van der Waals surface area contributed by atoms with Crippen LogP contribution in [0.3, 0.4) is 0 Å². The molecule has 0 amide bonds. The molecule has 0 spiro atoms. The molecular weight excluding hydrogens is 348 g/mol. The van der Waals surface area contributed by atoms with E-state index in [0.29, 0.717) is 41.3 Å². The summed E-state index contributed by atoms with van der Waals surface area (Å²) in [5.41, 5.74) is 1.48. The van der Waals surface area contributed by atoms with E-state index in [1.807, 2.05) is 28.9 Å². The van der Waals surface area contributed by atoms with Gasteiger partial charge in [0, 0.05) is 37.2 Å². The highest BCUT2D eigenvalue weighted by atomic mass is 32.2. The Morgan fingerprint density at radius 1 is 1.12 bits per heavy atom.